The first-order chi connectivity index (χ1) is 8.22. The van der Waals surface area contributed by atoms with Crippen molar-refractivity contribution in [3.05, 3.63) is 30.1 Å². The summed E-state index contributed by atoms with van der Waals surface area (Å²) >= 11 is 1.37. The number of nitrogens with one attached hydrogen (secondary N) is 1. The minimum atomic E-state index is -0.275. The van der Waals surface area contributed by atoms with E-state index in [1.807, 2.05) is 0 Å². The van der Waals surface area contributed by atoms with Crippen molar-refractivity contribution in [3.63, 3.8) is 0 Å². The minimum Gasteiger partial charge on any atom is -0.396 e. The van der Waals surface area contributed by atoms with Gasteiger partial charge in [-0.3, -0.25) is 4.79 Å². The highest BCUT2D eigenvalue weighted by atomic mass is 32.2. The van der Waals surface area contributed by atoms with Gasteiger partial charge in [0.25, 0.3) is 0 Å². The largest absolute Gasteiger partial charge is 0.396 e. The van der Waals surface area contributed by atoms with Crippen LogP contribution in [0.5, 0.6) is 0 Å². The van der Waals surface area contributed by atoms with Crippen molar-refractivity contribution >= 4 is 17.7 Å². The van der Waals surface area contributed by atoms with Gasteiger partial charge < -0.3 is 10.4 Å². The molecule has 5 heteroatoms. The number of rotatable bonds is 7. The van der Waals surface area contributed by atoms with Crippen molar-refractivity contribution in [2.75, 3.05) is 18.9 Å². The fourth-order valence-electron chi connectivity index (χ4n) is 1.20. The van der Waals surface area contributed by atoms with Gasteiger partial charge in [-0.1, -0.05) is 0 Å². The molecular formula is C12H16FNO2S. The number of unbranched alkanes of at least 4 members (excludes halogenated alkanes) is 1. The summed E-state index contributed by atoms with van der Waals surface area (Å²) in [5.41, 5.74) is 0. The molecule has 0 saturated carbocycles. The van der Waals surface area contributed by atoms with Crippen LogP contribution in [0.1, 0.15) is 12.8 Å². The van der Waals surface area contributed by atoms with Crippen molar-refractivity contribution in [1.82, 2.24) is 5.32 Å². The smallest absolute Gasteiger partial charge is 0.230 e. The average molecular weight is 257 g/mol. The van der Waals surface area contributed by atoms with E-state index >= 15 is 0 Å². The van der Waals surface area contributed by atoms with Crippen molar-refractivity contribution in [1.29, 1.82) is 0 Å². The molecule has 3 nitrogen and oxygen atoms in total. The third kappa shape index (κ3) is 6.28. The standard InChI is InChI=1S/C12H16FNO2S/c13-10-3-5-11(6-4-10)17-9-12(16)14-7-1-2-8-15/h3-6,15H,1-2,7-9H2,(H,14,16). The number of carbonyl (C=O) groups excluding carboxylic acids is 1. The Labute approximate surface area is 104 Å². The lowest BCUT2D eigenvalue weighted by Gasteiger charge is -2.04. The normalized spacial score (nSPS) is 10.2. The van der Waals surface area contributed by atoms with Crippen molar-refractivity contribution in [2.24, 2.45) is 0 Å². The van der Waals surface area contributed by atoms with Gasteiger partial charge in [-0.2, -0.15) is 0 Å². The Morgan fingerprint density at radius 2 is 2.00 bits per heavy atom. The van der Waals surface area contributed by atoms with E-state index in [2.05, 4.69) is 5.32 Å². The molecule has 1 aromatic carbocycles. The van der Waals surface area contributed by atoms with Crippen LogP contribution in [0.2, 0.25) is 0 Å². The monoisotopic (exact) mass is 257 g/mol. The van der Waals surface area contributed by atoms with Crippen LogP contribution in [0.4, 0.5) is 4.39 Å². The number of aliphatic hydroxyl groups excluding tert-OH is 1. The van der Waals surface area contributed by atoms with E-state index in [0.717, 1.165) is 11.3 Å². The van der Waals surface area contributed by atoms with Crippen LogP contribution >= 0.6 is 11.8 Å². The molecule has 0 saturated heterocycles. The summed E-state index contributed by atoms with van der Waals surface area (Å²) in [4.78, 5) is 12.3. The first-order valence-corrected chi connectivity index (χ1v) is 6.47. The molecule has 1 amide bonds. The number of hydrogen-bond donors (Lipinski definition) is 2. The predicted octanol–water partition coefficient (Wildman–Crippen LogP) is 1.81. The van der Waals surface area contributed by atoms with Gasteiger partial charge in [0.2, 0.25) is 5.91 Å². The Hall–Kier alpha value is -1.07. The van der Waals surface area contributed by atoms with Gasteiger partial charge in [0.15, 0.2) is 0 Å². The predicted molar refractivity (Wildman–Crippen MR) is 66.5 cm³/mol. The lowest BCUT2D eigenvalue weighted by molar-refractivity contribution is -0.118. The zero-order chi connectivity index (χ0) is 12.5. The van der Waals surface area contributed by atoms with Crippen LogP contribution in [0, 0.1) is 5.82 Å². The molecule has 0 radical (unpaired) electrons. The maximum Gasteiger partial charge on any atom is 0.230 e. The van der Waals surface area contributed by atoms with Gasteiger partial charge in [0.1, 0.15) is 5.82 Å². The van der Waals surface area contributed by atoms with Crippen LogP contribution in [-0.4, -0.2) is 29.9 Å². The van der Waals surface area contributed by atoms with Crippen LogP contribution in [-0.2, 0) is 4.79 Å². The Kier molecular flexibility index (Phi) is 6.65. The van der Waals surface area contributed by atoms with E-state index in [0.29, 0.717) is 18.7 Å². The molecule has 1 aromatic rings. The highest BCUT2D eigenvalue weighted by Crippen LogP contribution is 2.17. The van der Waals surface area contributed by atoms with Crippen LogP contribution in [0.25, 0.3) is 0 Å². The summed E-state index contributed by atoms with van der Waals surface area (Å²) in [6.07, 6.45) is 1.48. The van der Waals surface area contributed by atoms with E-state index < -0.39 is 0 Å². The molecule has 0 heterocycles. The number of carbonyl (C=O) groups is 1. The zero-order valence-electron chi connectivity index (χ0n) is 9.49. The number of thioether (sulfide) groups is 1. The van der Waals surface area contributed by atoms with E-state index in [9.17, 15) is 9.18 Å². The Balaban J connectivity index is 2.17. The van der Waals surface area contributed by atoms with Gasteiger partial charge >= 0.3 is 0 Å². The summed E-state index contributed by atoms with van der Waals surface area (Å²) < 4.78 is 12.6. The Morgan fingerprint density at radius 1 is 1.29 bits per heavy atom. The fourth-order valence-corrected chi connectivity index (χ4v) is 1.92. The summed E-state index contributed by atoms with van der Waals surface area (Å²) in [6, 6.07) is 6.06. The second kappa shape index (κ2) is 8.08. The van der Waals surface area contributed by atoms with Gasteiger partial charge in [-0.05, 0) is 37.1 Å². The van der Waals surface area contributed by atoms with Gasteiger partial charge in [-0.15, -0.1) is 11.8 Å². The second-order valence-electron chi connectivity index (χ2n) is 3.52. The molecule has 94 valence electrons. The molecule has 0 aliphatic heterocycles. The highest BCUT2D eigenvalue weighted by Gasteiger charge is 2.02. The van der Waals surface area contributed by atoms with Crippen molar-refractivity contribution in [3.8, 4) is 0 Å². The summed E-state index contributed by atoms with van der Waals surface area (Å²) in [7, 11) is 0. The highest BCUT2D eigenvalue weighted by molar-refractivity contribution is 8.00. The van der Waals surface area contributed by atoms with E-state index in [1.165, 1.54) is 23.9 Å². The first kappa shape index (κ1) is 14.0. The van der Waals surface area contributed by atoms with Gasteiger partial charge in [-0.25, -0.2) is 4.39 Å². The van der Waals surface area contributed by atoms with E-state index in [1.54, 1.807) is 12.1 Å². The third-order valence-corrected chi connectivity index (χ3v) is 3.10. The topological polar surface area (TPSA) is 49.3 Å². The third-order valence-electron chi connectivity index (χ3n) is 2.09. The molecule has 0 spiro atoms. The zero-order valence-corrected chi connectivity index (χ0v) is 10.3. The maximum atomic E-state index is 12.6. The lowest BCUT2D eigenvalue weighted by Crippen LogP contribution is -2.26. The second-order valence-corrected chi connectivity index (χ2v) is 4.57. The van der Waals surface area contributed by atoms with Crippen LogP contribution < -0.4 is 5.32 Å². The van der Waals surface area contributed by atoms with Crippen LogP contribution in [0.15, 0.2) is 29.2 Å². The quantitative estimate of drug-likeness (QED) is 0.578. The average Bonchev–Trinajstić information content (AvgIpc) is 2.34. The number of halogens is 1. The molecule has 0 bridgehead atoms. The minimum absolute atomic E-state index is 0.0442. The molecule has 17 heavy (non-hydrogen) atoms. The van der Waals surface area contributed by atoms with E-state index in [-0.39, 0.29) is 18.3 Å². The van der Waals surface area contributed by atoms with Gasteiger partial charge in [0.05, 0.1) is 5.75 Å². The van der Waals surface area contributed by atoms with E-state index in [4.69, 9.17) is 5.11 Å². The fraction of sp³-hybridized carbons (Fsp3) is 0.417. The SMILES string of the molecule is O=C(CSc1ccc(F)cc1)NCCCCO. The number of hydrogen-bond acceptors (Lipinski definition) is 3. The number of amides is 1. The Morgan fingerprint density at radius 3 is 2.65 bits per heavy atom. The molecule has 0 aliphatic carbocycles. The van der Waals surface area contributed by atoms with Crippen molar-refractivity contribution < 1.29 is 14.3 Å². The molecule has 0 aromatic heterocycles. The lowest BCUT2D eigenvalue weighted by atomic mass is 10.3. The molecule has 0 fully saturated rings. The number of benzene rings is 1. The summed E-state index contributed by atoms with van der Waals surface area (Å²) in [5, 5.41) is 11.3. The summed E-state index contributed by atoms with van der Waals surface area (Å²) in [5.74, 6) is 0.00478. The summed E-state index contributed by atoms with van der Waals surface area (Å²) in [6.45, 7) is 0.740. The molecular weight excluding hydrogens is 241 g/mol. The molecule has 0 atom stereocenters. The maximum absolute atomic E-state index is 12.6. The molecule has 2 N–H and O–H groups in total. The van der Waals surface area contributed by atoms with Gasteiger partial charge in [0, 0.05) is 18.0 Å². The first-order valence-electron chi connectivity index (χ1n) is 5.48. The van der Waals surface area contributed by atoms with Crippen molar-refractivity contribution in [2.45, 2.75) is 17.7 Å². The molecule has 0 unspecified atom stereocenters. The Bertz CT molecular complexity index is 343. The molecule has 1 rings (SSSR count). The molecule has 0 aliphatic rings. The number of aliphatic hydroxyl groups is 1. The van der Waals surface area contributed by atoms with Crippen LogP contribution in [0.3, 0.4) is 0 Å².